The summed E-state index contributed by atoms with van der Waals surface area (Å²) in [4.78, 5) is 0. The van der Waals surface area contributed by atoms with Crippen LogP contribution in [0.5, 0.6) is 11.5 Å². The van der Waals surface area contributed by atoms with E-state index in [0.717, 1.165) is 34.0 Å². The molecule has 1 spiro atoms. The molecule has 178 valence electrons. The molecule has 38 heavy (non-hydrogen) atoms. The highest BCUT2D eigenvalue weighted by Crippen LogP contribution is 2.58. The van der Waals surface area contributed by atoms with Gasteiger partial charge in [0.1, 0.15) is 17.0 Å². The molecule has 0 N–H and O–H groups in total. The molecule has 2 aliphatic rings. The van der Waals surface area contributed by atoms with Crippen LogP contribution in [-0.2, 0) is 5.54 Å². The molecule has 0 aliphatic carbocycles. The number of aromatic nitrogens is 3. The predicted octanol–water partition coefficient (Wildman–Crippen LogP) is 7.91. The molecular formula is C34H21N3O. The van der Waals surface area contributed by atoms with Crippen molar-refractivity contribution in [2.24, 2.45) is 0 Å². The van der Waals surface area contributed by atoms with E-state index in [4.69, 9.17) is 9.84 Å². The summed E-state index contributed by atoms with van der Waals surface area (Å²) in [5.41, 5.74) is 8.59. The molecule has 0 amide bonds. The van der Waals surface area contributed by atoms with Gasteiger partial charge in [-0.25, -0.2) is 4.68 Å². The van der Waals surface area contributed by atoms with Crippen LogP contribution in [0.1, 0.15) is 16.7 Å². The minimum Gasteiger partial charge on any atom is -0.456 e. The number of hydrogen-bond acceptors (Lipinski definition) is 2. The van der Waals surface area contributed by atoms with Gasteiger partial charge in [-0.05, 0) is 35.9 Å². The molecule has 5 aromatic carbocycles. The Bertz CT molecular complexity index is 2030. The normalized spacial score (nSPS) is 16.7. The first kappa shape index (κ1) is 20.0. The quantitative estimate of drug-likeness (QED) is 0.236. The summed E-state index contributed by atoms with van der Waals surface area (Å²) in [6, 6.07) is 43.0. The van der Waals surface area contributed by atoms with Crippen LogP contribution in [0.4, 0.5) is 0 Å². The first-order chi connectivity index (χ1) is 18.9. The van der Waals surface area contributed by atoms with Crippen molar-refractivity contribution in [2.45, 2.75) is 5.54 Å². The topological polar surface area (TPSA) is 32.0 Å². The standard InChI is InChI=1S/C34H21N3O/c1-4-12-26-25(11-1)31-19-20-35-37(31)34(26)27-13-5-8-16-32(27)38-33-21-22(17-18-28(33)34)36-29-14-6-2-9-23(29)24-10-3-7-15-30(24)36/h1-21H. The number of hydrogen-bond donors (Lipinski definition) is 0. The maximum Gasteiger partial charge on any atom is 0.146 e. The van der Waals surface area contributed by atoms with E-state index in [0.29, 0.717) is 0 Å². The van der Waals surface area contributed by atoms with Crippen LogP contribution in [0.2, 0.25) is 0 Å². The minimum absolute atomic E-state index is 0.598. The summed E-state index contributed by atoms with van der Waals surface area (Å²) in [6.07, 6.45) is 1.90. The van der Waals surface area contributed by atoms with Crippen LogP contribution in [0.3, 0.4) is 0 Å². The van der Waals surface area contributed by atoms with Gasteiger partial charge in [0.05, 0.1) is 16.7 Å². The van der Waals surface area contributed by atoms with Gasteiger partial charge in [0, 0.05) is 45.4 Å². The molecule has 1 atom stereocenters. The smallest absolute Gasteiger partial charge is 0.146 e. The molecule has 7 aromatic rings. The summed E-state index contributed by atoms with van der Waals surface area (Å²) < 4.78 is 11.2. The van der Waals surface area contributed by atoms with Crippen molar-refractivity contribution in [3.63, 3.8) is 0 Å². The zero-order chi connectivity index (χ0) is 24.8. The Morgan fingerprint density at radius 3 is 2.05 bits per heavy atom. The van der Waals surface area contributed by atoms with E-state index in [1.54, 1.807) is 0 Å². The third-order valence-corrected chi connectivity index (χ3v) is 8.24. The summed E-state index contributed by atoms with van der Waals surface area (Å²) in [6.45, 7) is 0. The van der Waals surface area contributed by atoms with E-state index < -0.39 is 5.54 Å². The Hall–Kier alpha value is -5.09. The highest BCUT2D eigenvalue weighted by molar-refractivity contribution is 6.09. The number of benzene rings is 5. The molecule has 2 aromatic heterocycles. The summed E-state index contributed by atoms with van der Waals surface area (Å²) >= 11 is 0. The number of ether oxygens (including phenoxy) is 1. The lowest BCUT2D eigenvalue weighted by atomic mass is 9.75. The SMILES string of the molecule is c1ccc2c(c1)Oc1cc(-n3c4ccccc4c4ccccc43)ccc1C21c2ccccc2-c2ccnn21. The van der Waals surface area contributed by atoms with Gasteiger partial charge < -0.3 is 9.30 Å². The van der Waals surface area contributed by atoms with Crippen LogP contribution in [0.15, 0.2) is 128 Å². The number of para-hydroxylation sites is 3. The fraction of sp³-hybridized carbons (Fsp3) is 0.0294. The van der Waals surface area contributed by atoms with Crippen molar-refractivity contribution in [1.29, 1.82) is 0 Å². The van der Waals surface area contributed by atoms with E-state index >= 15 is 0 Å². The van der Waals surface area contributed by atoms with Gasteiger partial charge in [-0.15, -0.1) is 0 Å². The highest BCUT2D eigenvalue weighted by atomic mass is 16.5. The van der Waals surface area contributed by atoms with Crippen LogP contribution in [0, 0.1) is 0 Å². The van der Waals surface area contributed by atoms with Gasteiger partial charge in [0.25, 0.3) is 0 Å². The first-order valence-corrected chi connectivity index (χ1v) is 12.9. The fourth-order valence-electron chi connectivity index (χ4n) is 6.78. The van der Waals surface area contributed by atoms with E-state index in [2.05, 4.69) is 125 Å². The number of fused-ring (bicyclic) bond motifs is 12. The second kappa shape index (κ2) is 7.02. The van der Waals surface area contributed by atoms with E-state index in [9.17, 15) is 0 Å². The molecule has 4 heteroatoms. The third kappa shape index (κ3) is 2.29. The van der Waals surface area contributed by atoms with Crippen molar-refractivity contribution in [1.82, 2.24) is 14.3 Å². The fourth-order valence-corrected chi connectivity index (χ4v) is 6.78. The van der Waals surface area contributed by atoms with Gasteiger partial charge in [-0.1, -0.05) is 84.9 Å². The minimum atomic E-state index is -0.598. The molecule has 1 unspecified atom stereocenters. The Kier molecular flexibility index (Phi) is 3.70. The molecule has 0 radical (unpaired) electrons. The highest BCUT2D eigenvalue weighted by Gasteiger charge is 2.51. The molecule has 0 saturated carbocycles. The van der Waals surface area contributed by atoms with E-state index in [-0.39, 0.29) is 0 Å². The van der Waals surface area contributed by atoms with Crippen molar-refractivity contribution in [3.8, 4) is 28.4 Å². The van der Waals surface area contributed by atoms with E-state index in [1.807, 2.05) is 12.3 Å². The van der Waals surface area contributed by atoms with Crippen molar-refractivity contribution >= 4 is 21.8 Å². The average molecular weight is 488 g/mol. The molecule has 0 bridgehead atoms. The second-order valence-electron chi connectivity index (χ2n) is 10.0. The number of nitrogens with zero attached hydrogens (tertiary/aromatic N) is 3. The lowest BCUT2D eigenvalue weighted by molar-refractivity contribution is 0.382. The Labute approximate surface area is 219 Å². The Balaban J connectivity index is 1.37. The van der Waals surface area contributed by atoms with Crippen LogP contribution >= 0.6 is 0 Å². The predicted molar refractivity (Wildman–Crippen MR) is 150 cm³/mol. The molecule has 0 fully saturated rings. The van der Waals surface area contributed by atoms with Gasteiger partial charge in [-0.3, -0.25) is 0 Å². The van der Waals surface area contributed by atoms with Crippen LogP contribution < -0.4 is 4.74 Å². The summed E-state index contributed by atoms with van der Waals surface area (Å²) in [5, 5.41) is 7.39. The zero-order valence-electron chi connectivity index (χ0n) is 20.4. The van der Waals surface area contributed by atoms with Crippen molar-refractivity contribution < 1.29 is 4.74 Å². The average Bonchev–Trinajstić information content (AvgIpc) is 3.65. The van der Waals surface area contributed by atoms with Gasteiger partial charge >= 0.3 is 0 Å². The maximum atomic E-state index is 6.68. The largest absolute Gasteiger partial charge is 0.456 e. The van der Waals surface area contributed by atoms with Crippen LogP contribution in [0.25, 0.3) is 38.8 Å². The molecule has 0 saturated heterocycles. The van der Waals surface area contributed by atoms with E-state index in [1.165, 1.54) is 32.9 Å². The third-order valence-electron chi connectivity index (χ3n) is 8.24. The zero-order valence-corrected chi connectivity index (χ0v) is 20.4. The lowest BCUT2D eigenvalue weighted by Gasteiger charge is -2.39. The number of rotatable bonds is 1. The Morgan fingerprint density at radius 1 is 0.579 bits per heavy atom. The van der Waals surface area contributed by atoms with Crippen molar-refractivity contribution in [2.75, 3.05) is 0 Å². The first-order valence-electron chi connectivity index (χ1n) is 12.9. The molecular weight excluding hydrogens is 466 g/mol. The Morgan fingerprint density at radius 2 is 1.24 bits per heavy atom. The molecule has 4 nitrogen and oxygen atoms in total. The van der Waals surface area contributed by atoms with Gasteiger partial charge in [0.2, 0.25) is 0 Å². The second-order valence-corrected chi connectivity index (χ2v) is 10.0. The van der Waals surface area contributed by atoms with Gasteiger partial charge in [-0.2, -0.15) is 5.10 Å². The molecule has 4 heterocycles. The summed E-state index contributed by atoms with van der Waals surface area (Å²) in [7, 11) is 0. The molecule has 2 aliphatic heterocycles. The van der Waals surface area contributed by atoms with Crippen LogP contribution in [-0.4, -0.2) is 14.3 Å². The molecule has 9 rings (SSSR count). The monoisotopic (exact) mass is 487 g/mol. The lowest BCUT2D eigenvalue weighted by Crippen LogP contribution is -2.38. The van der Waals surface area contributed by atoms with Crippen molar-refractivity contribution in [3.05, 3.63) is 144 Å². The maximum absolute atomic E-state index is 6.68. The summed E-state index contributed by atoms with van der Waals surface area (Å²) in [5.74, 6) is 1.71. The van der Waals surface area contributed by atoms with Gasteiger partial charge in [0.15, 0.2) is 0 Å².